The van der Waals surface area contributed by atoms with Crippen molar-refractivity contribution in [3.8, 4) is 5.75 Å². The molecule has 2 aromatic rings. The van der Waals surface area contributed by atoms with E-state index in [1.54, 1.807) is 0 Å². The maximum Gasteiger partial charge on any atom is 0.309 e. The number of aryl methyl sites for hydroxylation is 1. The standard InChI is InChI=1S/C31H43NO3/c1-3-34-30(33)24-13-19-32(20-14-24)22-28-27-10-6-5-9-26(27)23(2)21-29(28)35-25-11-17-31(18-12-25)15-7-4-8-16-31/h5-6,9-10,21,24-25H,3-4,7-8,11-20,22H2,1-2H3. The first-order valence-corrected chi connectivity index (χ1v) is 14.1. The number of carbonyl (C=O) groups is 1. The zero-order valence-corrected chi connectivity index (χ0v) is 21.8. The molecule has 1 spiro atoms. The molecule has 3 fully saturated rings. The Morgan fingerprint density at radius 1 is 0.971 bits per heavy atom. The largest absolute Gasteiger partial charge is 0.490 e. The lowest BCUT2D eigenvalue weighted by Crippen LogP contribution is -2.37. The quantitative estimate of drug-likeness (QED) is 0.413. The van der Waals surface area contributed by atoms with E-state index in [1.807, 2.05) is 6.92 Å². The third kappa shape index (κ3) is 5.53. The van der Waals surface area contributed by atoms with Crippen LogP contribution in [0.1, 0.15) is 88.7 Å². The molecule has 2 aromatic carbocycles. The summed E-state index contributed by atoms with van der Waals surface area (Å²) < 4.78 is 12.1. The predicted octanol–water partition coefficient (Wildman–Crippen LogP) is 7.20. The van der Waals surface area contributed by atoms with Gasteiger partial charge in [-0.1, -0.05) is 43.5 Å². The van der Waals surface area contributed by atoms with E-state index in [9.17, 15) is 4.79 Å². The summed E-state index contributed by atoms with van der Waals surface area (Å²) in [4.78, 5) is 14.7. The van der Waals surface area contributed by atoms with Crippen LogP contribution in [-0.4, -0.2) is 36.7 Å². The third-order valence-corrected chi connectivity index (χ3v) is 9.11. The number of piperidine rings is 1. The average molecular weight is 478 g/mol. The Balaban J connectivity index is 1.32. The highest BCUT2D eigenvalue weighted by Gasteiger charge is 2.37. The van der Waals surface area contributed by atoms with Gasteiger partial charge in [-0.05, 0) is 106 Å². The number of likely N-dealkylation sites (tertiary alicyclic amines) is 1. The Hall–Kier alpha value is -2.07. The van der Waals surface area contributed by atoms with Gasteiger partial charge in [-0.15, -0.1) is 0 Å². The molecule has 1 heterocycles. The Morgan fingerprint density at radius 2 is 1.66 bits per heavy atom. The number of hydrogen-bond donors (Lipinski definition) is 0. The SMILES string of the molecule is CCOC(=O)C1CCN(Cc2c(OC3CCC4(CCCCC4)CC3)cc(C)c3ccccc23)CC1. The topological polar surface area (TPSA) is 38.8 Å². The minimum atomic E-state index is -0.0232. The first-order chi connectivity index (χ1) is 17.1. The van der Waals surface area contributed by atoms with Crippen LogP contribution in [0.25, 0.3) is 10.8 Å². The number of nitrogens with zero attached hydrogens (tertiary/aromatic N) is 1. The molecule has 2 saturated carbocycles. The van der Waals surface area contributed by atoms with Crippen LogP contribution in [0.15, 0.2) is 30.3 Å². The van der Waals surface area contributed by atoms with Crippen molar-refractivity contribution in [2.75, 3.05) is 19.7 Å². The van der Waals surface area contributed by atoms with Gasteiger partial charge in [-0.2, -0.15) is 0 Å². The van der Waals surface area contributed by atoms with Gasteiger partial charge < -0.3 is 9.47 Å². The average Bonchev–Trinajstić information content (AvgIpc) is 2.89. The van der Waals surface area contributed by atoms with E-state index in [1.165, 1.54) is 79.7 Å². The van der Waals surface area contributed by atoms with Gasteiger partial charge in [0.15, 0.2) is 0 Å². The van der Waals surface area contributed by atoms with Gasteiger partial charge in [-0.3, -0.25) is 9.69 Å². The van der Waals surface area contributed by atoms with Crippen LogP contribution in [0.5, 0.6) is 5.75 Å². The molecular formula is C31H43NO3. The van der Waals surface area contributed by atoms with Crippen molar-refractivity contribution < 1.29 is 14.3 Å². The summed E-state index contributed by atoms with van der Waals surface area (Å²) in [5.41, 5.74) is 3.22. The van der Waals surface area contributed by atoms with Crippen LogP contribution in [0.3, 0.4) is 0 Å². The van der Waals surface area contributed by atoms with E-state index in [0.29, 0.717) is 18.1 Å². The van der Waals surface area contributed by atoms with Crippen molar-refractivity contribution in [1.29, 1.82) is 0 Å². The molecular weight excluding hydrogens is 434 g/mol. The molecule has 4 nitrogen and oxygen atoms in total. The number of hydrogen-bond acceptors (Lipinski definition) is 4. The number of ether oxygens (including phenoxy) is 2. The number of carbonyl (C=O) groups excluding carboxylic acids is 1. The number of benzene rings is 2. The summed E-state index contributed by atoms with van der Waals surface area (Å²) in [6.07, 6.45) is 14.3. The highest BCUT2D eigenvalue weighted by molar-refractivity contribution is 5.90. The highest BCUT2D eigenvalue weighted by atomic mass is 16.5. The van der Waals surface area contributed by atoms with Crippen LogP contribution >= 0.6 is 0 Å². The molecule has 2 aliphatic carbocycles. The molecule has 1 saturated heterocycles. The van der Waals surface area contributed by atoms with Gasteiger partial charge in [0, 0.05) is 12.1 Å². The van der Waals surface area contributed by atoms with E-state index in [-0.39, 0.29) is 11.9 Å². The number of esters is 1. The second-order valence-corrected chi connectivity index (χ2v) is 11.4. The maximum atomic E-state index is 12.2. The molecule has 0 aromatic heterocycles. The van der Waals surface area contributed by atoms with Crippen LogP contribution in [0.2, 0.25) is 0 Å². The molecule has 5 rings (SSSR count). The molecule has 0 unspecified atom stereocenters. The smallest absolute Gasteiger partial charge is 0.309 e. The summed E-state index contributed by atoms with van der Waals surface area (Å²) in [5.74, 6) is 1.11. The van der Waals surface area contributed by atoms with Crippen LogP contribution in [0, 0.1) is 18.3 Å². The Morgan fingerprint density at radius 3 is 2.34 bits per heavy atom. The lowest BCUT2D eigenvalue weighted by Gasteiger charge is -2.43. The second-order valence-electron chi connectivity index (χ2n) is 11.4. The maximum absolute atomic E-state index is 12.2. The predicted molar refractivity (Wildman–Crippen MR) is 142 cm³/mol. The Kier molecular flexibility index (Phi) is 7.67. The number of rotatable bonds is 6. The molecule has 3 aliphatic rings. The van der Waals surface area contributed by atoms with Gasteiger partial charge in [0.2, 0.25) is 0 Å². The van der Waals surface area contributed by atoms with Gasteiger partial charge in [0.1, 0.15) is 5.75 Å². The summed E-state index contributed by atoms with van der Waals surface area (Å²) in [6.45, 7) is 7.30. The van der Waals surface area contributed by atoms with Crippen LogP contribution < -0.4 is 4.74 Å². The molecule has 1 aliphatic heterocycles. The zero-order valence-electron chi connectivity index (χ0n) is 21.8. The van der Waals surface area contributed by atoms with Crippen molar-refractivity contribution >= 4 is 16.7 Å². The van der Waals surface area contributed by atoms with Gasteiger partial charge in [-0.25, -0.2) is 0 Å². The molecule has 35 heavy (non-hydrogen) atoms. The zero-order chi connectivity index (χ0) is 24.3. The fourth-order valence-corrected chi connectivity index (χ4v) is 6.97. The fraction of sp³-hybridized carbons (Fsp3) is 0.645. The Bertz CT molecular complexity index is 1010. The van der Waals surface area contributed by atoms with Crippen molar-refractivity contribution in [3.05, 3.63) is 41.5 Å². The minimum Gasteiger partial charge on any atom is -0.490 e. The Labute approximate surface area is 211 Å². The van der Waals surface area contributed by atoms with Crippen LogP contribution in [0.4, 0.5) is 0 Å². The monoisotopic (exact) mass is 477 g/mol. The molecule has 4 heteroatoms. The van der Waals surface area contributed by atoms with Gasteiger partial charge >= 0.3 is 5.97 Å². The molecule has 0 radical (unpaired) electrons. The van der Waals surface area contributed by atoms with E-state index < -0.39 is 0 Å². The van der Waals surface area contributed by atoms with E-state index in [4.69, 9.17) is 9.47 Å². The van der Waals surface area contributed by atoms with Crippen LogP contribution in [-0.2, 0) is 16.1 Å². The van der Waals surface area contributed by atoms with Crippen molar-refractivity contribution in [3.63, 3.8) is 0 Å². The first kappa shape index (κ1) is 24.6. The van der Waals surface area contributed by atoms with E-state index in [0.717, 1.165) is 38.2 Å². The second kappa shape index (κ2) is 10.9. The first-order valence-electron chi connectivity index (χ1n) is 14.1. The summed E-state index contributed by atoms with van der Waals surface area (Å²) in [7, 11) is 0. The number of fused-ring (bicyclic) bond motifs is 1. The van der Waals surface area contributed by atoms with E-state index >= 15 is 0 Å². The molecule has 0 bridgehead atoms. The van der Waals surface area contributed by atoms with Crippen molar-refractivity contribution in [2.45, 2.75) is 97.1 Å². The molecule has 0 N–H and O–H groups in total. The van der Waals surface area contributed by atoms with Crippen molar-refractivity contribution in [1.82, 2.24) is 4.90 Å². The third-order valence-electron chi connectivity index (χ3n) is 9.11. The summed E-state index contributed by atoms with van der Waals surface area (Å²) in [6, 6.07) is 11.1. The summed E-state index contributed by atoms with van der Waals surface area (Å²) >= 11 is 0. The van der Waals surface area contributed by atoms with E-state index in [2.05, 4.69) is 42.2 Å². The molecule has 190 valence electrons. The lowest BCUT2D eigenvalue weighted by atomic mass is 9.65. The molecule has 0 atom stereocenters. The minimum absolute atomic E-state index is 0.0232. The lowest BCUT2D eigenvalue weighted by molar-refractivity contribution is -0.149. The van der Waals surface area contributed by atoms with Crippen molar-refractivity contribution in [2.24, 2.45) is 11.3 Å². The summed E-state index contributed by atoms with van der Waals surface area (Å²) in [5, 5.41) is 2.63. The van der Waals surface area contributed by atoms with Gasteiger partial charge in [0.25, 0.3) is 0 Å². The normalized spacial score (nSPS) is 21.9. The van der Waals surface area contributed by atoms with Gasteiger partial charge in [0.05, 0.1) is 18.6 Å². The highest BCUT2D eigenvalue weighted by Crippen LogP contribution is 2.48. The molecule has 0 amide bonds. The fourth-order valence-electron chi connectivity index (χ4n) is 6.97.